The van der Waals surface area contributed by atoms with Crippen molar-refractivity contribution in [2.24, 2.45) is 10.7 Å². The minimum Gasteiger partial charge on any atom is -0.405 e. The number of hydrogen-bond acceptors (Lipinski definition) is 4. The highest BCUT2D eigenvalue weighted by Gasteiger charge is 2.09. The Balaban J connectivity index is 2.97. The van der Waals surface area contributed by atoms with E-state index in [9.17, 15) is 9.90 Å². The molecular weight excluding hydrogens is 242 g/mol. The fourth-order valence-corrected chi connectivity index (χ4v) is 1.72. The Hall–Kier alpha value is -2.14. The predicted octanol–water partition coefficient (Wildman–Crippen LogP) is 0.747. The maximum Gasteiger partial charge on any atom is 0.207 e. The van der Waals surface area contributed by atoms with Crippen LogP contribution in [0.25, 0.3) is 0 Å². The lowest BCUT2D eigenvalue weighted by Gasteiger charge is -2.13. The molecule has 5 heteroatoms. The van der Waals surface area contributed by atoms with Gasteiger partial charge in [-0.2, -0.15) is 0 Å². The number of carbonyl (C=O) groups excluding carboxylic acids is 1. The molecule has 0 aromatic heterocycles. The molecule has 1 aromatic carbocycles. The molecule has 0 saturated carbocycles. The number of nitrogens with two attached hydrogens (primary N) is 1. The minimum atomic E-state index is -0.386. The van der Waals surface area contributed by atoms with Crippen LogP contribution in [0.1, 0.15) is 24.1 Å². The number of allylic oxidation sites excluding steroid dienone is 1. The van der Waals surface area contributed by atoms with Crippen LogP contribution in [0.2, 0.25) is 0 Å². The van der Waals surface area contributed by atoms with Gasteiger partial charge in [-0.1, -0.05) is 24.3 Å². The Kier molecular flexibility index (Phi) is 6.32. The molecule has 1 amide bonds. The molecule has 1 aromatic rings. The number of hydrogen-bond donors (Lipinski definition) is 3. The summed E-state index contributed by atoms with van der Waals surface area (Å²) >= 11 is 0. The molecule has 1 rings (SSSR count). The highest BCUT2D eigenvalue weighted by atomic mass is 16.3. The largest absolute Gasteiger partial charge is 0.405 e. The van der Waals surface area contributed by atoms with E-state index in [0.717, 1.165) is 16.8 Å². The monoisotopic (exact) mass is 261 g/mol. The van der Waals surface area contributed by atoms with E-state index in [1.165, 1.54) is 6.20 Å². The van der Waals surface area contributed by atoms with Crippen molar-refractivity contribution in [2.75, 3.05) is 13.2 Å². The van der Waals surface area contributed by atoms with Crippen LogP contribution in [-0.4, -0.2) is 30.4 Å². The van der Waals surface area contributed by atoms with Crippen LogP contribution < -0.4 is 11.1 Å². The summed E-state index contributed by atoms with van der Waals surface area (Å²) in [7, 11) is 0. The van der Waals surface area contributed by atoms with Gasteiger partial charge < -0.3 is 16.2 Å². The molecule has 0 aliphatic heterocycles. The molecule has 19 heavy (non-hydrogen) atoms. The zero-order valence-corrected chi connectivity index (χ0v) is 10.9. The smallest absolute Gasteiger partial charge is 0.207 e. The van der Waals surface area contributed by atoms with Crippen molar-refractivity contribution in [3.8, 4) is 0 Å². The molecule has 0 aliphatic rings. The second-order valence-corrected chi connectivity index (χ2v) is 3.86. The average Bonchev–Trinajstić information content (AvgIpc) is 2.45. The van der Waals surface area contributed by atoms with Crippen molar-refractivity contribution in [2.45, 2.75) is 13.0 Å². The van der Waals surface area contributed by atoms with Crippen molar-refractivity contribution >= 4 is 12.1 Å². The molecule has 1 unspecified atom stereocenters. The second kappa shape index (κ2) is 8.05. The van der Waals surface area contributed by atoms with Crippen LogP contribution in [0.3, 0.4) is 0 Å². The van der Waals surface area contributed by atoms with Crippen LogP contribution in [0, 0.1) is 0 Å². The normalized spacial score (nSPS) is 13.5. The maximum absolute atomic E-state index is 10.4. The summed E-state index contributed by atoms with van der Waals surface area (Å²) in [4.78, 5) is 14.8. The SMILES string of the molecule is CCN=C(/C=C\N)c1ccc(C(CO)NC=O)cc1. The Morgan fingerprint density at radius 2 is 2.16 bits per heavy atom. The summed E-state index contributed by atoms with van der Waals surface area (Å²) in [5, 5.41) is 11.7. The highest BCUT2D eigenvalue weighted by molar-refractivity contribution is 6.08. The van der Waals surface area contributed by atoms with Gasteiger partial charge in [0.15, 0.2) is 0 Å². The zero-order chi connectivity index (χ0) is 14.1. The topological polar surface area (TPSA) is 87.7 Å². The quantitative estimate of drug-likeness (QED) is 0.500. The number of carbonyl (C=O) groups is 1. The van der Waals surface area contributed by atoms with Crippen LogP contribution in [0.4, 0.5) is 0 Å². The van der Waals surface area contributed by atoms with Gasteiger partial charge in [0.25, 0.3) is 0 Å². The van der Waals surface area contributed by atoms with Crippen LogP contribution >= 0.6 is 0 Å². The zero-order valence-electron chi connectivity index (χ0n) is 10.9. The number of nitrogens with one attached hydrogen (secondary N) is 1. The molecule has 0 spiro atoms. The van der Waals surface area contributed by atoms with E-state index in [0.29, 0.717) is 13.0 Å². The molecule has 0 bridgehead atoms. The van der Waals surface area contributed by atoms with E-state index >= 15 is 0 Å². The molecule has 102 valence electrons. The van der Waals surface area contributed by atoms with Gasteiger partial charge in [0.2, 0.25) is 6.41 Å². The lowest BCUT2D eigenvalue weighted by atomic mass is 10.0. The molecular formula is C14H19N3O2. The fraction of sp³-hybridized carbons (Fsp3) is 0.286. The lowest BCUT2D eigenvalue weighted by Crippen LogP contribution is -2.22. The molecule has 5 nitrogen and oxygen atoms in total. The number of rotatable bonds is 7. The first-order valence-electron chi connectivity index (χ1n) is 6.10. The molecule has 0 aliphatic carbocycles. The first kappa shape index (κ1) is 14.9. The summed E-state index contributed by atoms with van der Waals surface area (Å²) in [6.07, 6.45) is 3.77. The van der Waals surface area contributed by atoms with E-state index in [1.54, 1.807) is 6.08 Å². The summed E-state index contributed by atoms with van der Waals surface area (Å²) in [5.74, 6) is 0. The molecule has 0 radical (unpaired) electrons. The third kappa shape index (κ3) is 4.22. The number of aliphatic imine (C=N–C) groups is 1. The number of aliphatic hydroxyl groups excluding tert-OH is 1. The average molecular weight is 261 g/mol. The number of benzene rings is 1. The maximum atomic E-state index is 10.4. The van der Waals surface area contributed by atoms with Gasteiger partial charge in [-0.25, -0.2) is 0 Å². The molecule has 0 fully saturated rings. The second-order valence-electron chi connectivity index (χ2n) is 3.86. The summed E-state index contributed by atoms with van der Waals surface area (Å²) < 4.78 is 0. The van der Waals surface area contributed by atoms with Crippen molar-refractivity contribution in [1.82, 2.24) is 5.32 Å². The van der Waals surface area contributed by atoms with Gasteiger partial charge in [0.05, 0.1) is 18.4 Å². The Morgan fingerprint density at radius 1 is 1.47 bits per heavy atom. The van der Waals surface area contributed by atoms with Gasteiger partial charge in [0, 0.05) is 6.54 Å². The number of amides is 1. The van der Waals surface area contributed by atoms with Gasteiger partial charge >= 0.3 is 0 Å². The number of nitrogens with zero attached hydrogens (tertiary/aromatic N) is 1. The standard InChI is InChI=1S/C14H19N3O2/c1-2-16-13(7-8-15)11-3-5-12(6-4-11)14(9-18)17-10-19/h3-8,10,14,18H,2,9,15H2,1H3,(H,17,19)/b8-7-,16-13?. The molecule has 1 atom stereocenters. The van der Waals surface area contributed by atoms with Gasteiger partial charge in [-0.05, 0) is 30.3 Å². The first-order valence-corrected chi connectivity index (χ1v) is 6.10. The predicted molar refractivity (Wildman–Crippen MR) is 75.9 cm³/mol. The Bertz CT molecular complexity index is 452. The van der Waals surface area contributed by atoms with Gasteiger partial charge in [0.1, 0.15) is 0 Å². The lowest BCUT2D eigenvalue weighted by molar-refractivity contribution is -0.110. The fourth-order valence-electron chi connectivity index (χ4n) is 1.72. The summed E-state index contributed by atoms with van der Waals surface area (Å²) in [6, 6.07) is 7.09. The van der Waals surface area contributed by atoms with Crippen LogP contribution in [0.5, 0.6) is 0 Å². The summed E-state index contributed by atoms with van der Waals surface area (Å²) in [6.45, 7) is 2.48. The first-order chi connectivity index (χ1) is 9.26. The molecule has 0 saturated heterocycles. The van der Waals surface area contributed by atoms with Crippen molar-refractivity contribution < 1.29 is 9.90 Å². The van der Waals surface area contributed by atoms with Crippen LogP contribution in [-0.2, 0) is 4.79 Å². The number of aliphatic hydroxyl groups is 1. The van der Waals surface area contributed by atoms with Crippen LogP contribution in [0.15, 0.2) is 41.5 Å². The van der Waals surface area contributed by atoms with Gasteiger partial charge in [-0.15, -0.1) is 0 Å². The Labute approximate surface area is 112 Å². The molecule has 0 heterocycles. The molecule has 4 N–H and O–H groups in total. The third-order valence-electron chi connectivity index (χ3n) is 2.64. The Morgan fingerprint density at radius 3 is 2.63 bits per heavy atom. The van der Waals surface area contributed by atoms with Crippen molar-refractivity contribution in [1.29, 1.82) is 0 Å². The van der Waals surface area contributed by atoms with E-state index in [-0.39, 0.29) is 12.6 Å². The van der Waals surface area contributed by atoms with E-state index in [1.807, 2.05) is 31.2 Å². The minimum absolute atomic E-state index is 0.142. The summed E-state index contributed by atoms with van der Waals surface area (Å²) in [5.41, 5.74) is 7.98. The third-order valence-corrected chi connectivity index (χ3v) is 2.64. The van der Waals surface area contributed by atoms with E-state index in [2.05, 4.69) is 10.3 Å². The van der Waals surface area contributed by atoms with Crippen molar-refractivity contribution in [3.63, 3.8) is 0 Å². The van der Waals surface area contributed by atoms with Gasteiger partial charge in [-0.3, -0.25) is 9.79 Å². The van der Waals surface area contributed by atoms with E-state index < -0.39 is 0 Å². The van der Waals surface area contributed by atoms with E-state index in [4.69, 9.17) is 5.73 Å². The highest BCUT2D eigenvalue weighted by Crippen LogP contribution is 2.14. The van der Waals surface area contributed by atoms with Crippen molar-refractivity contribution in [3.05, 3.63) is 47.7 Å².